The van der Waals surface area contributed by atoms with Gasteiger partial charge in [0.15, 0.2) is 12.4 Å². The van der Waals surface area contributed by atoms with Crippen molar-refractivity contribution in [1.82, 2.24) is 9.78 Å². The van der Waals surface area contributed by atoms with Crippen LogP contribution in [0, 0.1) is 6.92 Å². The molecule has 0 saturated heterocycles. The van der Waals surface area contributed by atoms with Crippen molar-refractivity contribution in [3.05, 3.63) is 77.7 Å². The van der Waals surface area contributed by atoms with Gasteiger partial charge in [0.05, 0.1) is 6.54 Å². The van der Waals surface area contributed by atoms with Crippen LogP contribution in [0.2, 0.25) is 0 Å². The summed E-state index contributed by atoms with van der Waals surface area (Å²) in [6.45, 7) is 1.78. The third-order valence-corrected chi connectivity index (χ3v) is 4.17. The van der Waals surface area contributed by atoms with E-state index < -0.39 is 18.4 Å². The zero-order valence-corrected chi connectivity index (χ0v) is 14.5. The van der Waals surface area contributed by atoms with E-state index in [0.29, 0.717) is 17.9 Å². The maximum Gasteiger partial charge on any atom is 0.374 e. The number of esters is 1. The zero-order valence-electron chi connectivity index (χ0n) is 14.5. The Hall–Kier alpha value is -3.61. The molecule has 0 aliphatic rings. The number of benzene rings is 1. The van der Waals surface area contributed by atoms with Gasteiger partial charge in [0, 0.05) is 23.3 Å². The molecule has 27 heavy (non-hydrogen) atoms. The number of furan rings is 2. The minimum atomic E-state index is -0.705. The van der Waals surface area contributed by atoms with E-state index in [2.05, 4.69) is 5.10 Å². The highest BCUT2D eigenvalue weighted by Gasteiger charge is 2.20. The summed E-state index contributed by atoms with van der Waals surface area (Å²) < 4.78 is 17.8. The number of carbonyl (C=O) groups is 2. The molecule has 7 heteroatoms. The molecule has 0 unspecified atom stereocenters. The van der Waals surface area contributed by atoms with Crippen LogP contribution in [-0.2, 0) is 11.3 Å². The molecule has 3 heterocycles. The Kier molecular flexibility index (Phi) is 4.33. The molecule has 0 bridgehead atoms. The fraction of sp³-hybridized carbons (Fsp3) is 0.150. The SMILES string of the molecule is Cc1c(C(=O)COC(=O)c2ccc(Cn3cccn3)o2)oc2ccccc12. The zero-order chi connectivity index (χ0) is 18.8. The number of ether oxygens (including phenoxy) is 1. The van der Waals surface area contributed by atoms with Gasteiger partial charge in [-0.25, -0.2) is 4.79 Å². The topological polar surface area (TPSA) is 87.5 Å². The van der Waals surface area contributed by atoms with Gasteiger partial charge in [-0.2, -0.15) is 5.10 Å². The van der Waals surface area contributed by atoms with Gasteiger partial charge in [-0.05, 0) is 31.2 Å². The lowest BCUT2D eigenvalue weighted by Crippen LogP contribution is -2.14. The molecule has 1 aromatic carbocycles. The van der Waals surface area contributed by atoms with E-state index in [-0.39, 0.29) is 11.5 Å². The van der Waals surface area contributed by atoms with Crippen molar-refractivity contribution in [3.63, 3.8) is 0 Å². The molecule has 136 valence electrons. The number of hydrogen-bond acceptors (Lipinski definition) is 6. The van der Waals surface area contributed by atoms with Gasteiger partial charge in [0.25, 0.3) is 0 Å². The van der Waals surface area contributed by atoms with Crippen LogP contribution in [0.15, 0.2) is 63.7 Å². The lowest BCUT2D eigenvalue weighted by molar-refractivity contribution is 0.0436. The van der Waals surface area contributed by atoms with E-state index in [9.17, 15) is 9.59 Å². The van der Waals surface area contributed by atoms with E-state index in [1.54, 1.807) is 42.2 Å². The van der Waals surface area contributed by atoms with Gasteiger partial charge in [-0.3, -0.25) is 9.48 Å². The number of ketones is 1. The summed E-state index contributed by atoms with van der Waals surface area (Å²) in [5.41, 5.74) is 1.35. The van der Waals surface area contributed by atoms with E-state index in [1.807, 2.05) is 18.2 Å². The molecule has 0 aliphatic carbocycles. The summed E-state index contributed by atoms with van der Waals surface area (Å²) in [5.74, 6) is -0.316. The van der Waals surface area contributed by atoms with E-state index in [0.717, 1.165) is 10.9 Å². The normalized spacial score (nSPS) is 11.0. The van der Waals surface area contributed by atoms with E-state index in [1.165, 1.54) is 6.07 Å². The minimum Gasteiger partial charge on any atom is -0.453 e. The van der Waals surface area contributed by atoms with Crippen molar-refractivity contribution in [2.24, 2.45) is 0 Å². The van der Waals surface area contributed by atoms with Gasteiger partial charge in [-0.15, -0.1) is 0 Å². The van der Waals surface area contributed by atoms with Crippen LogP contribution < -0.4 is 0 Å². The van der Waals surface area contributed by atoms with Gasteiger partial charge >= 0.3 is 5.97 Å². The highest BCUT2D eigenvalue weighted by atomic mass is 16.5. The van der Waals surface area contributed by atoms with Crippen molar-refractivity contribution in [3.8, 4) is 0 Å². The van der Waals surface area contributed by atoms with Gasteiger partial charge in [0.1, 0.15) is 11.3 Å². The summed E-state index contributed by atoms with van der Waals surface area (Å²) in [5, 5.41) is 4.93. The van der Waals surface area contributed by atoms with Crippen molar-refractivity contribution in [2.75, 3.05) is 6.61 Å². The molecule has 0 spiro atoms. The van der Waals surface area contributed by atoms with Crippen molar-refractivity contribution < 1.29 is 23.2 Å². The van der Waals surface area contributed by atoms with Crippen LogP contribution in [0.5, 0.6) is 0 Å². The smallest absolute Gasteiger partial charge is 0.374 e. The average Bonchev–Trinajstić information content (AvgIpc) is 3.41. The molecule has 7 nitrogen and oxygen atoms in total. The highest BCUT2D eigenvalue weighted by molar-refractivity contribution is 6.02. The Bertz CT molecular complexity index is 1100. The number of carbonyl (C=O) groups excluding carboxylic acids is 2. The second-order valence-electron chi connectivity index (χ2n) is 6.02. The molecular formula is C20H16N2O5. The lowest BCUT2D eigenvalue weighted by atomic mass is 10.1. The third kappa shape index (κ3) is 3.39. The van der Waals surface area contributed by atoms with Crippen LogP contribution in [0.4, 0.5) is 0 Å². The number of fused-ring (bicyclic) bond motifs is 1. The second kappa shape index (κ2) is 6.95. The number of rotatable bonds is 6. The Morgan fingerprint density at radius 1 is 1.11 bits per heavy atom. The fourth-order valence-electron chi connectivity index (χ4n) is 2.83. The van der Waals surface area contributed by atoms with Gasteiger partial charge in [-0.1, -0.05) is 18.2 Å². The maximum absolute atomic E-state index is 12.4. The molecule has 0 saturated carbocycles. The Morgan fingerprint density at radius 2 is 1.96 bits per heavy atom. The number of para-hydroxylation sites is 1. The molecule has 0 atom stereocenters. The van der Waals surface area contributed by atoms with Gasteiger partial charge < -0.3 is 13.6 Å². The quantitative estimate of drug-likeness (QED) is 0.384. The minimum absolute atomic E-state index is 0.0336. The van der Waals surface area contributed by atoms with Crippen molar-refractivity contribution in [1.29, 1.82) is 0 Å². The first-order valence-corrected chi connectivity index (χ1v) is 8.36. The summed E-state index contributed by atoms with van der Waals surface area (Å²) in [7, 11) is 0. The molecule has 0 amide bonds. The van der Waals surface area contributed by atoms with Crippen molar-refractivity contribution >= 4 is 22.7 Å². The predicted octanol–water partition coefficient (Wildman–Crippen LogP) is 3.62. The predicted molar refractivity (Wildman–Crippen MR) is 95.6 cm³/mol. The molecular weight excluding hydrogens is 348 g/mol. The number of hydrogen-bond donors (Lipinski definition) is 0. The lowest BCUT2D eigenvalue weighted by Gasteiger charge is -2.02. The molecule has 0 fully saturated rings. The number of aromatic nitrogens is 2. The van der Waals surface area contributed by atoms with Crippen LogP contribution >= 0.6 is 0 Å². The molecule has 0 N–H and O–H groups in total. The van der Waals surface area contributed by atoms with Crippen LogP contribution in [0.1, 0.15) is 32.4 Å². The molecule has 0 aliphatic heterocycles. The molecule has 0 radical (unpaired) electrons. The molecule has 4 aromatic rings. The first-order valence-electron chi connectivity index (χ1n) is 8.36. The fourth-order valence-corrected chi connectivity index (χ4v) is 2.83. The van der Waals surface area contributed by atoms with Crippen LogP contribution in [0.25, 0.3) is 11.0 Å². The largest absolute Gasteiger partial charge is 0.453 e. The summed E-state index contributed by atoms with van der Waals surface area (Å²) >= 11 is 0. The third-order valence-electron chi connectivity index (χ3n) is 4.17. The average molecular weight is 364 g/mol. The first-order chi connectivity index (χ1) is 13.1. The van der Waals surface area contributed by atoms with E-state index >= 15 is 0 Å². The van der Waals surface area contributed by atoms with Gasteiger partial charge in [0.2, 0.25) is 11.5 Å². The standard InChI is InChI=1S/C20H16N2O5/c1-13-15-5-2-3-6-17(15)27-19(13)16(23)12-25-20(24)18-8-7-14(26-18)11-22-10-4-9-21-22/h2-10H,11-12H2,1H3. The van der Waals surface area contributed by atoms with Crippen LogP contribution in [-0.4, -0.2) is 28.1 Å². The van der Waals surface area contributed by atoms with Crippen LogP contribution in [0.3, 0.4) is 0 Å². The number of nitrogens with zero attached hydrogens (tertiary/aromatic N) is 2. The summed E-state index contributed by atoms with van der Waals surface area (Å²) in [6.07, 6.45) is 3.44. The summed E-state index contributed by atoms with van der Waals surface area (Å²) in [6, 6.07) is 12.3. The Morgan fingerprint density at radius 3 is 2.74 bits per heavy atom. The Balaban J connectivity index is 1.40. The Labute approximate surface area is 154 Å². The monoisotopic (exact) mass is 364 g/mol. The first kappa shape index (κ1) is 16.8. The summed E-state index contributed by atoms with van der Waals surface area (Å²) in [4.78, 5) is 24.5. The molecule has 3 aromatic heterocycles. The molecule has 4 rings (SSSR count). The number of aryl methyl sites for hydroxylation is 1. The second-order valence-corrected chi connectivity index (χ2v) is 6.02. The van der Waals surface area contributed by atoms with Crippen molar-refractivity contribution in [2.45, 2.75) is 13.5 Å². The maximum atomic E-state index is 12.4. The highest BCUT2D eigenvalue weighted by Crippen LogP contribution is 2.25. The van der Waals surface area contributed by atoms with E-state index in [4.69, 9.17) is 13.6 Å². The number of Topliss-reactive ketones (excluding diaryl/α,β-unsaturated/α-hetero) is 1.